The molecule has 0 saturated heterocycles. The van der Waals surface area contributed by atoms with Gasteiger partial charge in [-0.05, 0) is 43.1 Å². The molecule has 84 valence electrons. The maximum Gasteiger partial charge on any atom is 0.119 e. The predicted molar refractivity (Wildman–Crippen MR) is 65.1 cm³/mol. The minimum atomic E-state index is 0. The average Bonchev–Trinajstić information content (AvgIpc) is 2.40. The van der Waals surface area contributed by atoms with Crippen LogP contribution in [0.4, 0.5) is 0 Å². The third kappa shape index (κ3) is 2.86. The molecule has 0 radical (unpaired) electrons. The Morgan fingerprint density at radius 2 is 1.80 bits per heavy atom. The maximum atomic E-state index is 5.23. The fourth-order valence-corrected chi connectivity index (χ4v) is 1.94. The van der Waals surface area contributed by atoms with Gasteiger partial charge in [0.1, 0.15) is 5.75 Å². The van der Waals surface area contributed by atoms with E-state index in [9.17, 15) is 0 Å². The van der Waals surface area contributed by atoms with E-state index in [-0.39, 0.29) is 12.4 Å². The summed E-state index contributed by atoms with van der Waals surface area (Å²) in [5, 5.41) is 0. The highest BCUT2D eigenvalue weighted by atomic mass is 35.5. The fraction of sp³-hybridized carbons (Fsp3) is 0.500. The van der Waals surface area contributed by atoms with E-state index in [2.05, 4.69) is 30.1 Å². The van der Waals surface area contributed by atoms with E-state index < -0.39 is 0 Å². The summed E-state index contributed by atoms with van der Waals surface area (Å²) in [5.74, 6) is 0.980. The zero-order valence-electron chi connectivity index (χ0n) is 9.32. The first kappa shape index (κ1) is 12.3. The van der Waals surface area contributed by atoms with Crippen molar-refractivity contribution in [2.45, 2.75) is 12.8 Å². The van der Waals surface area contributed by atoms with Crippen LogP contribution in [0.2, 0.25) is 0 Å². The van der Waals surface area contributed by atoms with Gasteiger partial charge in [-0.2, -0.15) is 0 Å². The Morgan fingerprint density at radius 1 is 1.13 bits per heavy atom. The van der Waals surface area contributed by atoms with Crippen LogP contribution in [-0.2, 0) is 12.8 Å². The lowest BCUT2D eigenvalue weighted by Gasteiger charge is -2.10. The smallest absolute Gasteiger partial charge is 0.119 e. The molecule has 0 N–H and O–H groups in total. The van der Waals surface area contributed by atoms with Gasteiger partial charge in [0, 0.05) is 13.1 Å². The van der Waals surface area contributed by atoms with E-state index in [1.807, 2.05) is 0 Å². The molecule has 0 bridgehead atoms. The zero-order valence-corrected chi connectivity index (χ0v) is 10.1. The van der Waals surface area contributed by atoms with Crippen LogP contribution in [-0.4, -0.2) is 32.1 Å². The minimum absolute atomic E-state index is 0. The second kappa shape index (κ2) is 5.38. The van der Waals surface area contributed by atoms with Gasteiger partial charge in [-0.1, -0.05) is 6.07 Å². The van der Waals surface area contributed by atoms with Crippen LogP contribution in [0.15, 0.2) is 18.2 Å². The summed E-state index contributed by atoms with van der Waals surface area (Å²) in [4.78, 5) is 2.38. The first-order valence-electron chi connectivity index (χ1n) is 5.14. The normalized spacial score (nSPS) is 16.1. The summed E-state index contributed by atoms with van der Waals surface area (Å²) < 4.78 is 5.23. The number of halogens is 1. The molecule has 1 aromatic rings. The summed E-state index contributed by atoms with van der Waals surface area (Å²) in [6, 6.07) is 6.44. The van der Waals surface area contributed by atoms with Crippen LogP contribution in [0.1, 0.15) is 11.1 Å². The molecule has 1 aromatic carbocycles. The number of ether oxygens (including phenoxy) is 1. The topological polar surface area (TPSA) is 12.5 Å². The first-order chi connectivity index (χ1) is 6.79. The van der Waals surface area contributed by atoms with E-state index >= 15 is 0 Å². The van der Waals surface area contributed by atoms with Crippen molar-refractivity contribution in [3.05, 3.63) is 29.3 Å². The van der Waals surface area contributed by atoms with Gasteiger partial charge >= 0.3 is 0 Å². The lowest BCUT2D eigenvalue weighted by atomic mass is 10.0. The molecule has 2 nitrogen and oxygen atoms in total. The predicted octanol–water partition coefficient (Wildman–Crippen LogP) is 2.15. The Hall–Kier alpha value is -0.730. The molecule has 3 heteroatoms. The Kier molecular flexibility index (Phi) is 4.43. The second-order valence-corrected chi connectivity index (χ2v) is 3.94. The molecule has 0 spiro atoms. The van der Waals surface area contributed by atoms with Crippen LogP contribution in [0.5, 0.6) is 5.75 Å². The van der Waals surface area contributed by atoms with Crippen LogP contribution >= 0.6 is 12.4 Å². The van der Waals surface area contributed by atoms with Gasteiger partial charge in [0.25, 0.3) is 0 Å². The minimum Gasteiger partial charge on any atom is -0.497 e. The van der Waals surface area contributed by atoms with Crippen LogP contribution in [0.3, 0.4) is 0 Å². The molecule has 0 aliphatic carbocycles. The van der Waals surface area contributed by atoms with Crippen molar-refractivity contribution in [3.8, 4) is 5.75 Å². The number of benzene rings is 1. The number of hydrogen-bond donors (Lipinski definition) is 0. The summed E-state index contributed by atoms with van der Waals surface area (Å²) >= 11 is 0. The van der Waals surface area contributed by atoms with Gasteiger partial charge in [0.05, 0.1) is 7.11 Å². The third-order valence-corrected chi connectivity index (χ3v) is 2.94. The highest BCUT2D eigenvalue weighted by Crippen LogP contribution is 2.21. The molecule has 0 fully saturated rings. The number of hydrogen-bond acceptors (Lipinski definition) is 2. The first-order valence-corrected chi connectivity index (χ1v) is 5.14. The van der Waals surface area contributed by atoms with Gasteiger partial charge < -0.3 is 9.64 Å². The SMILES string of the molecule is COc1ccc2c(c1)CCN(C)CC2.Cl. The second-order valence-electron chi connectivity index (χ2n) is 3.94. The number of nitrogens with zero attached hydrogens (tertiary/aromatic N) is 1. The van der Waals surface area contributed by atoms with Crippen molar-refractivity contribution in [3.63, 3.8) is 0 Å². The van der Waals surface area contributed by atoms with Crippen molar-refractivity contribution in [2.75, 3.05) is 27.2 Å². The number of fused-ring (bicyclic) bond motifs is 1. The molecule has 0 saturated carbocycles. The van der Waals surface area contributed by atoms with Crippen molar-refractivity contribution in [1.82, 2.24) is 4.90 Å². The summed E-state index contributed by atoms with van der Waals surface area (Å²) in [7, 11) is 3.91. The summed E-state index contributed by atoms with van der Waals surface area (Å²) in [6.07, 6.45) is 2.30. The average molecular weight is 228 g/mol. The van der Waals surface area contributed by atoms with Crippen molar-refractivity contribution in [2.24, 2.45) is 0 Å². The monoisotopic (exact) mass is 227 g/mol. The molecule has 0 atom stereocenters. The van der Waals surface area contributed by atoms with Crippen molar-refractivity contribution < 1.29 is 4.74 Å². The lowest BCUT2D eigenvalue weighted by molar-refractivity contribution is 0.352. The Morgan fingerprint density at radius 3 is 2.47 bits per heavy atom. The van der Waals surface area contributed by atoms with Crippen molar-refractivity contribution in [1.29, 1.82) is 0 Å². The largest absolute Gasteiger partial charge is 0.497 e. The molecular formula is C12H18ClNO. The number of rotatable bonds is 1. The van der Waals surface area contributed by atoms with Gasteiger partial charge in [-0.25, -0.2) is 0 Å². The standard InChI is InChI=1S/C12H17NO.ClH/c1-13-7-5-10-3-4-12(14-2)9-11(10)6-8-13;/h3-4,9H,5-8H2,1-2H3;1H. The molecule has 0 amide bonds. The van der Waals surface area contributed by atoms with E-state index in [4.69, 9.17) is 4.74 Å². The third-order valence-electron chi connectivity index (χ3n) is 2.94. The highest BCUT2D eigenvalue weighted by Gasteiger charge is 2.11. The molecule has 0 unspecified atom stereocenters. The van der Waals surface area contributed by atoms with E-state index in [0.29, 0.717) is 0 Å². The van der Waals surface area contributed by atoms with Gasteiger partial charge in [0.2, 0.25) is 0 Å². The fourth-order valence-electron chi connectivity index (χ4n) is 1.94. The summed E-state index contributed by atoms with van der Waals surface area (Å²) in [5.41, 5.74) is 2.93. The van der Waals surface area contributed by atoms with Crippen LogP contribution in [0, 0.1) is 0 Å². The molecule has 0 aromatic heterocycles. The van der Waals surface area contributed by atoms with Gasteiger partial charge in [-0.3, -0.25) is 0 Å². The number of likely N-dealkylation sites (N-methyl/N-ethyl adjacent to an activating group) is 1. The molecule has 1 aliphatic heterocycles. The number of methoxy groups -OCH3 is 1. The van der Waals surface area contributed by atoms with Crippen molar-refractivity contribution >= 4 is 12.4 Å². The van der Waals surface area contributed by atoms with Gasteiger partial charge in [-0.15, -0.1) is 12.4 Å². The molecule has 15 heavy (non-hydrogen) atoms. The Balaban J connectivity index is 0.00000112. The molecular weight excluding hydrogens is 210 g/mol. The molecule has 2 rings (SSSR count). The quantitative estimate of drug-likeness (QED) is 0.729. The lowest BCUT2D eigenvalue weighted by Crippen LogP contribution is -2.20. The molecule has 1 aliphatic rings. The van der Waals surface area contributed by atoms with E-state index in [0.717, 1.165) is 25.1 Å². The van der Waals surface area contributed by atoms with Crippen LogP contribution < -0.4 is 4.74 Å². The molecule has 1 heterocycles. The Bertz CT molecular complexity index is 327. The van der Waals surface area contributed by atoms with Crippen LogP contribution in [0.25, 0.3) is 0 Å². The van der Waals surface area contributed by atoms with E-state index in [1.165, 1.54) is 17.7 Å². The summed E-state index contributed by atoms with van der Waals surface area (Å²) in [6.45, 7) is 2.32. The van der Waals surface area contributed by atoms with Gasteiger partial charge in [0.15, 0.2) is 0 Å². The maximum absolute atomic E-state index is 5.23. The van der Waals surface area contributed by atoms with E-state index in [1.54, 1.807) is 7.11 Å². The Labute approximate surface area is 97.6 Å². The zero-order chi connectivity index (χ0) is 9.97. The highest BCUT2D eigenvalue weighted by molar-refractivity contribution is 5.85.